The number of hydrogen-bond acceptors (Lipinski definition) is 7. The van der Waals surface area contributed by atoms with Crippen LogP contribution in [-0.4, -0.2) is 41.6 Å². The van der Waals surface area contributed by atoms with Gasteiger partial charge in [0.25, 0.3) is 5.69 Å². The van der Waals surface area contributed by atoms with E-state index in [1.807, 2.05) is 30.3 Å². The van der Waals surface area contributed by atoms with E-state index in [2.05, 4.69) is 0 Å². The first-order chi connectivity index (χ1) is 15.0. The van der Waals surface area contributed by atoms with E-state index in [9.17, 15) is 19.7 Å². The third-order valence-electron chi connectivity index (χ3n) is 5.41. The minimum atomic E-state index is -0.554. The van der Waals surface area contributed by atoms with E-state index in [0.29, 0.717) is 36.4 Å². The molecule has 1 saturated heterocycles. The highest BCUT2D eigenvalue weighted by Gasteiger charge is 2.35. The van der Waals surface area contributed by atoms with Gasteiger partial charge in [-0.25, -0.2) is 0 Å². The lowest BCUT2D eigenvalue weighted by molar-refractivity contribution is -0.385. The molecule has 2 aliphatic heterocycles. The standard InChI is InChI=1S/C22H22N2O7/c25-20-10-16(11-23(20)7-6-15-4-2-1-3-5-15)22(26)30-13-18-9-19(24(27)28)8-17-12-29-14-31-21(17)18/h1-5,8-9,16H,6-7,10-14H2/t16-/m0/s1. The number of hydrogen-bond donors (Lipinski definition) is 0. The van der Waals surface area contributed by atoms with Gasteiger partial charge in [-0.15, -0.1) is 0 Å². The van der Waals surface area contributed by atoms with E-state index >= 15 is 0 Å². The average Bonchev–Trinajstić information content (AvgIpc) is 3.16. The fourth-order valence-corrected chi connectivity index (χ4v) is 3.82. The molecule has 0 saturated carbocycles. The number of carbonyl (C=O) groups is 2. The molecule has 0 aromatic heterocycles. The Kier molecular flexibility index (Phi) is 6.13. The summed E-state index contributed by atoms with van der Waals surface area (Å²) in [7, 11) is 0. The number of nitrogens with zero attached hydrogens (tertiary/aromatic N) is 2. The smallest absolute Gasteiger partial charge is 0.311 e. The second kappa shape index (κ2) is 9.13. The second-order valence-electron chi connectivity index (χ2n) is 7.55. The lowest BCUT2D eigenvalue weighted by atomic mass is 10.1. The van der Waals surface area contributed by atoms with Crippen molar-refractivity contribution in [1.29, 1.82) is 0 Å². The highest BCUT2D eigenvalue weighted by Crippen LogP contribution is 2.33. The minimum Gasteiger partial charge on any atom is -0.467 e. The molecule has 9 heteroatoms. The summed E-state index contributed by atoms with van der Waals surface area (Å²) in [4.78, 5) is 37.2. The Balaban J connectivity index is 1.36. The van der Waals surface area contributed by atoms with Crippen molar-refractivity contribution in [3.05, 3.63) is 69.3 Å². The van der Waals surface area contributed by atoms with Gasteiger partial charge in [-0.3, -0.25) is 19.7 Å². The number of ether oxygens (including phenoxy) is 3. The normalized spacial score (nSPS) is 17.7. The monoisotopic (exact) mass is 426 g/mol. The van der Waals surface area contributed by atoms with Gasteiger partial charge in [-0.05, 0) is 12.0 Å². The average molecular weight is 426 g/mol. The van der Waals surface area contributed by atoms with Gasteiger partial charge in [0, 0.05) is 42.8 Å². The largest absolute Gasteiger partial charge is 0.467 e. The number of benzene rings is 2. The number of rotatable bonds is 7. The Morgan fingerprint density at radius 3 is 2.84 bits per heavy atom. The molecular formula is C22H22N2O7. The molecule has 0 bridgehead atoms. The summed E-state index contributed by atoms with van der Waals surface area (Å²) in [6.45, 7) is 0.892. The molecule has 2 aliphatic rings. The Hall–Kier alpha value is -3.46. The number of nitro benzene ring substituents is 1. The van der Waals surface area contributed by atoms with Crippen molar-refractivity contribution in [2.75, 3.05) is 19.9 Å². The van der Waals surface area contributed by atoms with Crippen LogP contribution in [0.3, 0.4) is 0 Å². The Labute approximate surface area is 178 Å². The summed E-state index contributed by atoms with van der Waals surface area (Å²) in [6.07, 6.45) is 0.818. The van der Waals surface area contributed by atoms with Crippen LogP contribution in [0.15, 0.2) is 42.5 Å². The second-order valence-corrected chi connectivity index (χ2v) is 7.55. The molecule has 9 nitrogen and oxygen atoms in total. The van der Waals surface area contributed by atoms with Crippen molar-refractivity contribution < 1.29 is 28.7 Å². The molecule has 31 heavy (non-hydrogen) atoms. The first-order valence-electron chi connectivity index (χ1n) is 10.0. The van der Waals surface area contributed by atoms with Crippen molar-refractivity contribution in [3.63, 3.8) is 0 Å². The summed E-state index contributed by atoms with van der Waals surface area (Å²) in [5.74, 6) is -0.687. The van der Waals surface area contributed by atoms with Gasteiger partial charge < -0.3 is 19.1 Å². The van der Waals surface area contributed by atoms with Crippen LogP contribution >= 0.6 is 0 Å². The van der Waals surface area contributed by atoms with Crippen LogP contribution < -0.4 is 4.74 Å². The lowest BCUT2D eigenvalue weighted by Gasteiger charge is -2.21. The molecular weight excluding hydrogens is 404 g/mol. The van der Waals surface area contributed by atoms with Gasteiger partial charge in [0.2, 0.25) is 5.91 Å². The van der Waals surface area contributed by atoms with Crippen LogP contribution in [0, 0.1) is 16.0 Å². The zero-order valence-electron chi connectivity index (χ0n) is 16.8. The predicted octanol–water partition coefficient (Wildman–Crippen LogP) is 2.60. The highest BCUT2D eigenvalue weighted by atomic mass is 16.7. The van der Waals surface area contributed by atoms with E-state index in [1.165, 1.54) is 12.1 Å². The first kappa shape index (κ1) is 20.8. The predicted molar refractivity (Wildman–Crippen MR) is 108 cm³/mol. The van der Waals surface area contributed by atoms with Gasteiger partial charge in [0.15, 0.2) is 6.79 Å². The van der Waals surface area contributed by atoms with Crippen molar-refractivity contribution in [3.8, 4) is 5.75 Å². The van der Waals surface area contributed by atoms with Crippen molar-refractivity contribution in [2.45, 2.75) is 26.1 Å². The molecule has 162 valence electrons. The number of esters is 1. The minimum absolute atomic E-state index is 0.0270. The molecule has 4 rings (SSSR count). The molecule has 0 N–H and O–H groups in total. The van der Waals surface area contributed by atoms with Gasteiger partial charge in [-0.2, -0.15) is 0 Å². The molecule has 1 fully saturated rings. The first-order valence-corrected chi connectivity index (χ1v) is 10.0. The van der Waals surface area contributed by atoms with E-state index in [4.69, 9.17) is 14.2 Å². The summed E-state index contributed by atoms with van der Waals surface area (Å²) in [5.41, 5.74) is 1.95. The van der Waals surface area contributed by atoms with Crippen molar-refractivity contribution in [2.24, 2.45) is 5.92 Å². The number of carbonyl (C=O) groups excluding carboxylic acids is 2. The van der Waals surface area contributed by atoms with Crippen LogP contribution in [0.5, 0.6) is 5.75 Å². The van der Waals surface area contributed by atoms with Crippen LogP contribution in [0.25, 0.3) is 0 Å². The Bertz CT molecular complexity index is 993. The summed E-state index contributed by atoms with van der Waals surface area (Å²) in [6, 6.07) is 12.6. The quantitative estimate of drug-likeness (QED) is 0.380. The number of non-ortho nitro benzene ring substituents is 1. The number of fused-ring (bicyclic) bond motifs is 1. The molecule has 0 aliphatic carbocycles. The van der Waals surface area contributed by atoms with Crippen molar-refractivity contribution >= 4 is 17.6 Å². The third-order valence-corrected chi connectivity index (χ3v) is 5.41. The Morgan fingerprint density at radius 2 is 2.06 bits per heavy atom. The fraction of sp³-hybridized carbons (Fsp3) is 0.364. The van der Waals surface area contributed by atoms with E-state index in [-0.39, 0.29) is 38.0 Å². The van der Waals surface area contributed by atoms with Crippen LogP contribution in [-0.2, 0) is 38.7 Å². The van der Waals surface area contributed by atoms with Crippen molar-refractivity contribution in [1.82, 2.24) is 4.90 Å². The molecule has 0 unspecified atom stereocenters. The molecule has 2 heterocycles. The number of amides is 1. The zero-order chi connectivity index (χ0) is 21.8. The summed E-state index contributed by atoms with van der Waals surface area (Å²) >= 11 is 0. The summed E-state index contributed by atoms with van der Waals surface area (Å²) < 4.78 is 16.0. The van der Waals surface area contributed by atoms with Gasteiger partial charge in [0.05, 0.1) is 17.4 Å². The molecule has 1 amide bonds. The Morgan fingerprint density at radius 1 is 1.26 bits per heavy atom. The maximum atomic E-state index is 12.6. The van der Waals surface area contributed by atoms with Gasteiger partial charge in [-0.1, -0.05) is 30.3 Å². The van der Waals surface area contributed by atoms with Gasteiger partial charge in [0.1, 0.15) is 12.4 Å². The van der Waals surface area contributed by atoms with E-state index in [1.54, 1.807) is 4.90 Å². The maximum Gasteiger partial charge on any atom is 0.311 e. The highest BCUT2D eigenvalue weighted by molar-refractivity contribution is 5.86. The van der Waals surface area contributed by atoms with Gasteiger partial charge >= 0.3 is 5.97 Å². The molecule has 1 atom stereocenters. The summed E-state index contributed by atoms with van der Waals surface area (Å²) in [5, 5.41) is 11.2. The third kappa shape index (κ3) is 4.83. The van der Waals surface area contributed by atoms with Crippen LogP contribution in [0.1, 0.15) is 23.1 Å². The molecule has 2 aromatic rings. The number of nitro groups is 1. The lowest BCUT2D eigenvalue weighted by Crippen LogP contribution is -2.29. The topological polar surface area (TPSA) is 108 Å². The molecule has 0 radical (unpaired) electrons. The number of likely N-dealkylation sites (tertiary alicyclic amines) is 1. The SMILES string of the molecule is O=C(OCc1cc([N+](=O)[O-])cc2c1OCOC2)[C@H]1CC(=O)N(CCc2ccccc2)C1. The van der Waals surface area contributed by atoms with Crippen LogP contribution in [0.2, 0.25) is 0 Å². The zero-order valence-corrected chi connectivity index (χ0v) is 16.8. The molecule has 0 spiro atoms. The molecule has 2 aromatic carbocycles. The van der Waals surface area contributed by atoms with Crippen LogP contribution in [0.4, 0.5) is 5.69 Å². The fourth-order valence-electron chi connectivity index (χ4n) is 3.82. The van der Waals surface area contributed by atoms with E-state index in [0.717, 1.165) is 5.56 Å². The maximum absolute atomic E-state index is 12.6. The van der Waals surface area contributed by atoms with E-state index < -0.39 is 16.8 Å².